The Balaban J connectivity index is 1.87. The van der Waals surface area contributed by atoms with Crippen LogP contribution in [0.25, 0.3) is 6.08 Å². The Hall–Kier alpha value is -3.48. The zero-order valence-corrected chi connectivity index (χ0v) is 15.4. The average molecular weight is 369 g/mol. The van der Waals surface area contributed by atoms with Gasteiger partial charge in [0.05, 0.1) is 19.8 Å². The van der Waals surface area contributed by atoms with E-state index in [0.717, 1.165) is 0 Å². The smallest absolute Gasteiger partial charge is 0.414 e. The van der Waals surface area contributed by atoms with Gasteiger partial charge in [-0.1, -0.05) is 6.07 Å². The van der Waals surface area contributed by atoms with E-state index in [9.17, 15) is 9.59 Å². The molecule has 7 heteroatoms. The second kappa shape index (κ2) is 7.41. The van der Waals surface area contributed by atoms with E-state index in [-0.39, 0.29) is 17.3 Å². The monoisotopic (exact) mass is 369 g/mol. The van der Waals surface area contributed by atoms with Crippen LogP contribution in [0.2, 0.25) is 0 Å². The number of carbonyl (C=O) groups excluding carboxylic acids is 2. The summed E-state index contributed by atoms with van der Waals surface area (Å²) in [5.74, 6) is 1.69. The lowest BCUT2D eigenvalue weighted by Crippen LogP contribution is -2.25. The minimum atomic E-state index is -0.516. The van der Waals surface area contributed by atoms with Crippen LogP contribution < -0.4 is 18.9 Å². The summed E-state index contributed by atoms with van der Waals surface area (Å²) < 4.78 is 21.3. The molecular weight excluding hydrogens is 350 g/mol. The number of Topliss-reactive ketones (excluding diaryl/α,β-unsaturated/α-hetero) is 1. The summed E-state index contributed by atoms with van der Waals surface area (Å²) in [6, 6.07) is 10.0. The molecule has 3 rings (SSSR count). The first-order valence-electron chi connectivity index (χ1n) is 8.12. The molecule has 0 radical (unpaired) electrons. The molecule has 2 aromatic carbocycles. The van der Waals surface area contributed by atoms with Crippen LogP contribution >= 0.6 is 0 Å². The van der Waals surface area contributed by atoms with Crippen molar-refractivity contribution in [2.45, 2.75) is 0 Å². The SMILES string of the molecule is COc1ccc2c(c1)OC(=Cc1ccc(OC(=O)N(C)C)c(OC)c1)C2=O. The second-order valence-corrected chi connectivity index (χ2v) is 5.97. The molecule has 140 valence electrons. The van der Waals surface area contributed by atoms with Gasteiger partial charge in [-0.05, 0) is 35.9 Å². The quantitative estimate of drug-likeness (QED) is 0.769. The van der Waals surface area contributed by atoms with Gasteiger partial charge in [-0.15, -0.1) is 0 Å². The van der Waals surface area contributed by atoms with Gasteiger partial charge < -0.3 is 23.8 Å². The molecule has 1 heterocycles. The Morgan fingerprint density at radius 3 is 2.48 bits per heavy atom. The van der Waals surface area contributed by atoms with Gasteiger partial charge in [0.2, 0.25) is 5.78 Å². The van der Waals surface area contributed by atoms with Crippen LogP contribution in [-0.4, -0.2) is 45.1 Å². The van der Waals surface area contributed by atoms with Crippen molar-refractivity contribution in [1.82, 2.24) is 4.90 Å². The van der Waals surface area contributed by atoms with Gasteiger partial charge in [0.1, 0.15) is 11.5 Å². The van der Waals surface area contributed by atoms with Gasteiger partial charge >= 0.3 is 6.09 Å². The van der Waals surface area contributed by atoms with Crippen LogP contribution in [0, 0.1) is 0 Å². The number of fused-ring (bicyclic) bond motifs is 1. The Labute approximate surface area is 156 Å². The molecule has 7 nitrogen and oxygen atoms in total. The largest absolute Gasteiger partial charge is 0.497 e. The van der Waals surface area contributed by atoms with Crippen LogP contribution in [0.1, 0.15) is 15.9 Å². The Kier molecular flexibility index (Phi) is 5.03. The van der Waals surface area contributed by atoms with Crippen LogP contribution in [0.5, 0.6) is 23.0 Å². The third-order valence-electron chi connectivity index (χ3n) is 3.92. The number of carbonyl (C=O) groups is 2. The first-order chi connectivity index (χ1) is 12.9. The van der Waals surface area contributed by atoms with E-state index in [2.05, 4.69) is 0 Å². The molecule has 1 aliphatic rings. The van der Waals surface area contributed by atoms with Crippen LogP contribution in [0.15, 0.2) is 42.2 Å². The second-order valence-electron chi connectivity index (χ2n) is 5.97. The minimum absolute atomic E-state index is 0.193. The molecule has 0 fully saturated rings. The summed E-state index contributed by atoms with van der Waals surface area (Å²) >= 11 is 0. The number of ketones is 1. The van der Waals surface area contributed by atoms with Gasteiger partial charge in [-0.3, -0.25) is 4.79 Å². The summed E-state index contributed by atoms with van der Waals surface area (Å²) in [6.45, 7) is 0. The predicted molar refractivity (Wildman–Crippen MR) is 98.6 cm³/mol. The fraction of sp³-hybridized carbons (Fsp3) is 0.200. The summed E-state index contributed by atoms with van der Waals surface area (Å²) in [6.07, 6.45) is 1.09. The van der Waals surface area contributed by atoms with E-state index in [0.29, 0.717) is 28.4 Å². The van der Waals surface area contributed by atoms with Gasteiger partial charge in [0.15, 0.2) is 17.3 Å². The highest BCUT2D eigenvalue weighted by molar-refractivity contribution is 6.14. The zero-order chi connectivity index (χ0) is 19.6. The number of allylic oxidation sites excluding steroid dienone is 1. The molecule has 0 aliphatic carbocycles. The van der Waals surface area contributed by atoms with Gasteiger partial charge in [0.25, 0.3) is 0 Å². The number of benzene rings is 2. The van der Waals surface area contributed by atoms with Crippen molar-refractivity contribution in [2.24, 2.45) is 0 Å². The normalized spacial score (nSPS) is 13.8. The molecule has 1 aliphatic heterocycles. The lowest BCUT2D eigenvalue weighted by Gasteiger charge is -2.13. The van der Waals surface area contributed by atoms with Crippen molar-refractivity contribution in [3.05, 3.63) is 53.3 Å². The maximum atomic E-state index is 12.5. The molecule has 27 heavy (non-hydrogen) atoms. The molecular formula is C20H19NO6. The standard InChI is InChI=1S/C20H19NO6/c1-21(2)20(23)27-15-8-5-12(9-17(15)25-4)10-18-19(22)14-7-6-13(24-3)11-16(14)26-18/h5-11H,1-4H3. The van der Waals surface area contributed by atoms with E-state index in [4.69, 9.17) is 18.9 Å². The molecule has 2 aromatic rings. The molecule has 0 saturated carbocycles. The minimum Gasteiger partial charge on any atom is -0.497 e. The highest BCUT2D eigenvalue weighted by Gasteiger charge is 2.27. The summed E-state index contributed by atoms with van der Waals surface area (Å²) in [5.41, 5.74) is 1.14. The van der Waals surface area contributed by atoms with E-state index in [1.807, 2.05) is 0 Å². The van der Waals surface area contributed by atoms with Crippen molar-refractivity contribution in [2.75, 3.05) is 28.3 Å². The highest BCUT2D eigenvalue weighted by Crippen LogP contribution is 2.35. The molecule has 0 saturated heterocycles. The summed E-state index contributed by atoms with van der Waals surface area (Å²) in [5, 5.41) is 0. The van der Waals surface area contributed by atoms with Gasteiger partial charge in [0, 0.05) is 20.2 Å². The lowest BCUT2D eigenvalue weighted by atomic mass is 10.1. The Morgan fingerprint density at radius 1 is 1.04 bits per heavy atom. The number of ether oxygens (including phenoxy) is 4. The number of amides is 1. The van der Waals surface area contributed by atoms with Crippen molar-refractivity contribution < 1.29 is 28.5 Å². The van der Waals surface area contributed by atoms with Crippen LogP contribution in [-0.2, 0) is 0 Å². The summed E-state index contributed by atoms with van der Waals surface area (Å²) in [4.78, 5) is 25.5. The van der Waals surface area contributed by atoms with E-state index >= 15 is 0 Å². The van der Waals surface area contributed by atoms with Crippen molar-refractivity contribution in [3.63, 3.8) is 0 Å². The number of rotatable bonds is 4. The molecule has 1 amide bonds. The molecule has 0 N–H and O–H groups in total. The van der Waals surface area contributed by atoms with E-state index in [1.54, 1.807) is 63.7 Å². The van der Waals surface area contributed by atoms with Crippen molar-refractivity contribution in [3.8, 4) is 23.0 Å². The van der Waals surface area contributed by atoms with Gasteiger partial charge in [-0.2, -0.15) is 0 Å². The van der Waals surface area contributed by atoms with Crippen LogP contribution in [0.4, 0.5) is 4.79 Å². The van der Waals surface area contributed by atoms with Crippen molar-refractivity contribution >= 4 is 18.0 Å². The Morgan fingerprint density at radius 2 is 1.81 bits per heavy atom. The zero-order valence-electron chi connectivity index (χ0n) is 15.4. The molecule has 0 bridgehead atoms. The maximum absolute atomic E-state index is 12.5. The fourth-order valence-corrected chi connectivity index (χ4v) is 2.49. The first-order valence-corrected chi connectivity index (χ1v) is 8.12. The number of nitrogens with zero attached hydrogens (tertiary/aromatic N) is 1. The number of hydrogen-bond donors (Lipinski definition) is 0. The fourth-order valence-electron chi connectivity index (χ4n) is 2.49. The highest BCUT2D eigenvalue weighted by atomic mass is 16.6. The molecule has 0 spiro atoms. The average Bonchev–Trinajstić information content (AvgIpc) is 2.97. The molecule has 0 aromatic heterocycles. The van der Waals surface area contributed by atoms with Crippen molar-refractivity contribution in [1.29, 1.82) is 0 Å². The summed E-state index contributed by atoms with van der Waals surface area (Å²) in [7, 11) is 6.19. The topological polar surface area (TPSA) is 74.3 Å². The van der Waals surface area contributed by atoms with Gasteiger partial charge in [-0.25, -0.2) is 4.79 Å². The number of methoxy groups -OCH3 is 2. The molecule has 0 atom stereocenters. The van der Waals surface area contributed by atoms with E-state index < -0.39 is 6.09 Å². The lowest BCUT2D eigenvalue weighted by molar-refractivity contribution is 0.101. The Bertz CT molecular complexity index is 932. The van der Waals surface area contributed by atoms with E-state index in [1.165, 1.54) is 12.0 Å². The predicted octanol–water partition coefficient (Wildman–Crippen LogP) is 3.38. The maximum Gasteiger partial charge on any atom is 0.414 e. The first kappa shape index (κ1) is 18.3. The third-order valence-corrected chi connectivity index (χ3v) is 3.92. The third kappa shape index (κ3) is 3.72. The van der Waals surface area contributed by atoms with Crippen LogP contribution in [0.3, 0.4) is 0 Å². The molecule has 0 unspecified atom stereocenters. The number of hydrogen-bond acceptors (Lipinski definition) is 6.